The maximum Gasteiger partial charge on any atom is 0.236 e. The molecule has 0 aliphatic rings. The first kappa shape index (κ1) is 16.5. The van der Waals surface area contributed by atoms with Gasteiger partial charge < -0.3 is 0 Å². The van der Waals surface area contributed by atoms with E-state index in [2.05, 4.69) is 31.0 Å². The molecule has 1 N–H and O–H groups in total. The Kier molecular flexibility index (Phi) is 5.49. The number of anilines is 1. The molecule has 0 saturated heterocycles. The fraction of sp³-hybridized carbons (Fsp3) is 0.286. The highest BCUT2D eigenvalue weighted by Crippen LogP contribution is 2.18. The lowest BCUT2D eigenvalue weighted by atomic mass is 10.2. The summed E-state index contributed by atoms with van der Waals surface area (Å²) in [5, 5.41) is 24.3. The van der Waals surface area contributed by atoms with Gasteiger partial charge in [0.2, 0.25) is 16.2 Å². The third kappa shape index (κ3) is 4.36. The number of tetrazole rings is 1. The van der Waals surface area contributed by atoms with Crippen molar-refractivity contribution in [3.63, 3.8) is 0 Å². The molecule has 0 atom stereocenters. The van der Waals surface area contributed by atoms with E-state index < -0.39 is 0 Å². The van der Waals surface area contributed by atoms with Gasteiger partial charge in [-0.1, -0.05) is 60.4 Å². The lowest BCUT2D eigenvalue weighted by Crippen LogP contribution is -2.14. The van der Waals surface area contributed by atoms with Crippen molar-refractivity contribution >= 4 is 34.1 Å². The van der Waals surface area contributed by atoms with Crippen LogP contribution in [0.25, 0.3) is 0 Å². The van der Waals surface area contributed by atoms with Crippen LogP contribution in [0.5, 0.6) is 0 Å². The van der Waals surface area contributed by atoms with E-state index in [1.807, 2.05) is 37.3 Å². The Hall–Kier alpha value is -2.33. The van der Waals surface area contributed by atoms with Gasteiger partial charge in [-0.2, -0.15) is 0 Å². The normalized spacial score (nSPS) is 10.7. The lowest BCUT2D eigenvalue weighted by Gasteiger charge is -2.04. The first-order valence-electron chi connectivity index (χ1n) is 7.29. The molecule has 0 spiro atoms. The molecule has 2 aromatic heterocycles. The van der Waals surface area contributed by atoms with Gasteiger partial charge in [-0.05, 0) is 22.4 Å². The number of aromatic nitrogens is 6. The molecule has 1 aromatic carbocycles. The van der Waals surface area contributed by atoms with Crippen molar-refractivity contribution < 1.29 is 4.79 Å². The molecule has 8 nitrogen and oxygen atoms in total. The molecule has 0 radical (unpaired) electrons. The Labute approximate surface area is 146 Å². The zero-order valence-corrected chi connectivity index (χ0v) is 14.5. The molecule has 3 aromatic rings. The Bertz CT molecular complexity index is 802. The van der Waals surface area contributed by atoms with Gasteiger partial charge in [-0.15, -0.1) is 15.3 Å². The summed E-state index contributed by atoms with van der Waals surface area (Å²) >= 11 is 2.66. The van der Waals surface area contributed by atoms with Crippen LogP contribution in [-0.2, 0) is 17.8 Å². The van der Waals surface area contributed by atoms with Gasteiger partial charge in [-0.25, -0.2) is 4.68 Å². The second-order valence-electron chi connectivity index (χ2n) is 4.80. The van der Waals surface area contributed by atoms with Crippen LogP contribution in [0.4, 0.5) is 5.13 Å². The highest BCUT2D eigenvalue weighted by molar-refractivity contribution is 7.99. The van der Waals surface area contributed by atoms with E-state index in [4.69, 9.17) is 0 Å². The summed E-state index contributed by atoms with van der Waals surface area (Å²) < 4.78 is 1.67. The van der Waals surface area contributed by atoms with Crippen molar-refractivity contribution in [2.75, 3.05) is 11.1 Å². The fourth-order valence-corrected chi connectivity index (χ4v) is 3.26. The van der Waals surface area contributed by atoms with Crippen LogP contribution < -0.4 is 5.32 Å². The van der Waals surface area contributed by atoms with Crippen LogP contribution in [0.2, 0.25) is 0 Å². The highest BCUT2D eigenvalue weighted by atomic mass is 32.2. The molecular formula is C14H15N7OS2. The summed E-state index contributed by atoms with van der Waals surface area (Å²) in [4.78, 5) is 12.0. The average molecular weight is 361 g/mol. The topological polar surface area (TPSA) is 98.5 Å². The fourth-order valence-electron chi connectivity index (χ4n) is 1.89. The zero-order chi connectivity index (χ0) is 16.8. The predicted octanol–water partition coefficient (Wildman–Crippen LogP) is 1.87. The van der Waals surface area contributed by atoms with Gasteiger partial charge >= 0.3 is 0 Å². The zero-order valence-electron chi connectivity index (χ0n) is 12.9. The number of carbonyl (C=O) groups is 1. The van der Waals surface area contributed by atoms with Crippen LogP contribution in [0.3, 0.4) is 0 Å². The standard InChI is InChI=1S/C14H15N7OS2/c1-2-12-16-17-13(24-12)15-11(22)9-23-14-18-19-20-21(14)8-10-6-4-3-5-7-10/h3-7H,2,8-9H2,1H3,(H,15,17,22). The lowest BCUT2D eigenvalue weighted by molar-refractivity contribution is -0.113. The Morgan fingerprint density at radius 2 is 2.08 bits per heavy atom. The van der Waals surface area contributed by atoms with Gasteiger partial charge in [0.15, 0.2) is 0 Å². The van der Waals surface area contributed by atoms with Gasteiger partial charge in [0.1, 0.15) is 5.01 Å². The summed E-state index contributed by atoms with van der Waals surface area (Å²) in [6, 6.07) is 9.90. The molecule has 124 valence electrons. The molecule has 0 aliphatic heterocycles. The number of carbonyl (C=O) groups excluding carboxylic acids is 1. The number of benzene rings is 1. The summed E-state index contributed by atoms with van der Waals surface area (Å²) in [5.74, 6) is 0.0454. The number of rotatable bonds is 7. The monoisotopic (exact) mass is 361 g/mol. The van der Waals surface area contributed by atoms with Crippen LogP contribution in [-0.4, -0.2) is 42.1 Å². The second-order valence-corrected chi connectivity index (χ2v) is 6.80. The molecule has 0 unspecified atom stereocenters. The van der Waals surface area contributed by atoms with E-state index in [-0.39, 0.29) is 11.7 Å². The Balaban J connectivity index is 1.55. The first-order valence-corrected chi connectivity index (χ1v) is 9.10. The molecule has 24 heavy (non-hydrogen) atoms. The molecular weight excluding hydrogens is 346 g/mol. The number of nitrogens with zero attached hydrogens (tertiary/aromatic N) is 6. The highest BCUT2D eigenvalue weighted by Gasteiger charge is 2.12. The average Bonchev–Trinajstić information content (AvgIpc) is 3.23. The molecule has 0 fully saturated rings. The number of aryl methyl sites for hydroxylation is 1. The number of thioether (sulfide) groups is 1. The van der Waals surface area contributed by atoms with E-state index in [9.17, 15) is 4.79 Å². The number of nitrogens with one attached hydrogen (secondary N) is 1. The van der Waals surface area contributed by atoms with Crippen molar-refractivity contribution in [3.8, 4) is 0 Å². The quantitative estimate of drug-likeness (QED) is 0.641. The van der Waals surface area contributed by atoms with E-state index in [0.717, 1.165) is 17.0 Å². The SMILES string of the molecule is CCc1nnc(NC(=O)CSc2nnnn2Cc2ccccc2)s1. The minimum Gasteiger partial charge on any atom is -0.300 e. The summed E-state index contributed by atoms with van der Waals surface area (Å²) in [7, 11) is 0. The van der Waals surface area contributed by atoms with Gasteiger partial charge in [-0.3, -0.25) is 10.1 Å². The molecule has 2 heterocycles. The minimum atomic E-state index is -0.159. The van der Waals surface area contributed by atoms with E-state index in [0.29, 0.717) is 16.8 Å². The van der Waals surface area contributed by atoms with Crippen LogP contribution >= 0.6 is 23.1 Å². The van der Waals surface area contributed by atoms with Crippen LogP contribution in [0.1, 0.15) is 17.5 Å². The Morgan fingerprint density at radius 3 is 2.83 bits per heavy atom. The molecule has 10 heteroatoms. The van der Waals surface area contributed by atoms with Crippen molar-refractivity contribution in [3.05, 3.63) is 40.9 Å². The summed E-state index contributed by atoms with van der Waals surface area (Å²) in [5.41, 5.74) is 1.09. The number of hydrogen-bond acceptors (Lipinski definition) is 8. The molecule has 3 rings (SSSR count). The predicted molar refractivity (Wildman–Crippen MR) is 92.0 cm³/mol. The summed E-state index contributed by atoms with van der Waals surface area (Å²) in [6.45, 7) is 2.56. The maximum absolute atomic E-state index is 12.0. The van der Waals surface area contributed by atoms with Crippen molar-refractivity contribution in [2.45, 2.75) is 25.0 Å². The smallest absolute Gasteiger partial charge is 0.236 e. The Morgan fingerprint density at radius 1 is 1.25 bits per heavy atom. The van der Waals surface area contributed by atoms with E-state index >= 15 is 0 Å². The van der Waals surface area contributed by atoms with Crippen LogP contribution in [0, 0.1) is 0 Å². The molecule has 0 bridgehead atoms. The number of amides is 1. The largest absolute Gasteiger partial charge is 0.300 e. The van der Waals surface area contributed by atoms with E-state index in [1.54, 1.807) is 4.68 Å². The van der Waals surface area contributed by atoms with Gasteiger partial charge in [0.05, 0.1) is 12.3 Å². The first-order chi connectivity index (χ1) is 11.7. The molecule has 0 aliphatic carbocycles. The van der Waals surface area contributed by atoms with Gasteiger partial charge in [0.25, 0.3) is 0 Å². The third-order valence-corrected chi connectivity index (χ3v) is 4.96. The maximum atomic E-state index is 12.0. The molecule has 1 amide bonds. The van der Waals surface area contributed by atoms with Crippen molar-refractivity contribution in [1.82, 2.24) is 30.4 Å². The molecule has 0 saturated carbocycles. The van der Waals surface area contributed by atoms with Gasteiger partial charge in [0, 0.05) is 0 Å². The third-order valence-electron chi connectivity index (χ3n) is 3.02. The van der Waals surface area contributed by atoms with Crippen molar-refractivity contribution in [2.24, 2.45) is 0 Å². The number of hydrogen-bond donors (Lipinski definition) is 1. The van der Waals surface area contributed by atoms with E-state index in [1.165, 1.54) is 23.1 Å². The second kappa shape index (κ2) is 7.97. The minimum absolute atomic E-state index is 0.159. The van der Waals surface area contributed by atoms with Crippen LogP contribution in [0.15, 0.2) is 35.5 Å². The van der Waals surface area contributed by atoms with Crippen molar-refractivity contribution in [1.29, 1.82) is 0 Å². The summed E-state index contributed by atoms with van der Waals surface area (Å²) in [6.07, 6.45) is 0.802.